The fraction of sp³-hybridized carbons (Fsp3) is 0.235. The van der Waals surface area contributed by atoms with Crippen LogP contribution in [0.15, 0.2) is 42.5 Å². The van der Waals surface area contributed by atoms with Crippen LogP contribution in [0.3, 0.4) is 0 Å². The SMILES string of the molecule is COc1ccc(CCC(=O)c2cc(C)ccc2N)cc1. The molecule has 20 heavy (non-hydrogen) atoms. The van der Waals surface area contributed by atoms with E-state index in [2.05, 4.69) is 0 Å². The number of methoxy groups -OCH3 is 1. The Morgan fingerprint density at radius 3 is 2.50 bits per heavy atom. The third-order valence-corrected chi connectivity index (χ3v) is 3.31. The minimum absolute atomic E-state index is 0.0852. The average molecular weight is 269 g/mol. The first-order chi connectivity index (χ1) is 9.60. The van der Waals surface area contributed by atoms with Crippen molar-refractivity contribution in [3.63, 3.8) is 0 Å². The summed E-state index contributed by atoms with van der Waals surface area (Å²) in [7, 11) is 1.64. The van der Waals surface area contributed by atoms with Crippen molar-refractivity contribution < 1.29 is 9.53 Å². The summed E-state index contributed by atoms with van der Waals surface area (Å²) in [5.41, 5.74) is 9.20. The van der Waals surface area contributed by atoms with E-state index < -0.39 is 0 Å². The predicted octanol–water partition coefficient (Wildman–Crippen LogP) is 3.40. The van der Waals surface area contributed by atoms with Crippen LogP contribution in [0.2, 0.25) is 0 Å². The topological polar surface area (TPSA) is 52.3 Å². The maximum Gasteiger partial charge on any atom is 0.165 e. The van der Waals surface area contributed by atoms with Gasteiger partial charge in [-0.2, -0.15) is 0 Å². The van der Waals surface area contributed by atoms with Crippen LogP contribution in [-0.4, -0.2) is 12.9 Å². The zero-order valence-electron chi connectivity index (χ0n) is 11.8. The van der Waals surface area contributed by atoms with Gasteiger partial charge in [-0.25, -0.2) is 0 Å². The lowest BCUT2D eigenvalue weighted by Gasteiger charge is -2.07. The molecule has 0 atom stereocenters. The van der Waals surface area contributed by atoms with Gasteiger partial charge in [0.1, 0.15) is 5.75 Å². The molecule has 0 aromatic heterocycles. The zero-order chi connectivity index (χ0) is 14.5. The second-order valence-corrected chi connectivity index (χ2v) is 4.86. The van der Waals surface area contributed by atoms with Gasteiger partial charge in [-0.1, -0.05) is 23.8 Å². The lowest BCUT2D eigenvalue weighted by atomic mass is 10.00. The van der Waals surface area contributed by atoms with Gasteiger partial charge in [0.15, 0.2) is 5.78 Å². The molecule has 104 valence electrons. The second kappa shape index (κ2) is 6.24. The van der Waals surface area contributed by atoms with Crippen molar-refractivity contribution in [2.45, 2.75) is 19.8 Å². The van der Waals surface area contributed by atoms with Gasteiger partial charge in [0.25, 0.3) is 0 Å². The molecule has 0 saturated carbocycles. The maximum atomic E-state index is 12.2. The number of rotatable bonds is 5. The monoisotopic (exact) mass is 269 g/mol. The fourth-order valence-electron chi connectivity index (χ4n) is 2.10. The van der Waals surface area contributed by atoms with E-state index >= 15 is 0 Å². The van der Waals surface area contributed by atoms with Gasteiger partial charge < -0.3 is 10.5 Å². The van der Waals surface area contributed by atoms with Crippen LogP contribution < -0.4 is 10.5 Å². The van der Waals surface area contributed by atoms with Gasteiger partial charge in [-0.05, 0) is 43.2 Å². The Balaban J connectivity index is 2.02. The summed E-state index contributed by atoms with van der Waals surface area (Å²) in [5, 5.41) is 0. The summed E-state index contributed by atoms with van der Waals surface area (Å²) in [6, 6.07) is 13.3. The molecule has 3 nitrogen and oxygen atoms in total. The van der Waals surface area contributed by atoms with E-state index in [0.717, 1.165) is 16.9 Å². The van der Waals surface area contributed by atoms with Crippen molar-refractivity contribution in [1.29, 1.82) is 0 Å². The van der Waals surface area contributed by atoms with Gasteiger partial charge in [-0.3, -0.25) is 4.79 Å². The first kappa shape index (κ1) is 14.1. The molecule has 2 N–H and O–H groups in total. The molecular formula is C17H19NO2. The van der Waals surface area contributed by atoms with Gasteiger partial charge in [0.05, 0.1) is 7.11 Å². The molecular weight excluding hydrogens is 250 g/mol. The number of anilines is 1. The molecule has 0 aliphatic rings. The zero-order valence-corrected chi connectivity index (χ0v) is 11.8. The first-order valence-corrected chi connectivity index (χ1v) is 6.62. The van der Waals surface area contributed by atoms with Crippen LogP contribution in [0, 0.1) is 6.92 Å². The van der Waals surface area contributed by atoms with E-state index in [1.165, 1.54) is 0 Å². The summed E-state index contributed by atoms with van der Waals surface area (Å²) in [6.45, 7) is 1.96. The number of aryl methyl sites for hydroxylation is 2. The van der Waals surface area contributed by atoms with Crippen molar-refractivity contribution in [2.75, 3.05) is 12.8 Å². The lowest BCUT2D eigenvalue weighted by Crippen LogP contribution is -2.05. The standard InChI is InChI=1S/C17H19NO2/c1-12-3-9-16(18)15(11-12)17(19)10-6-13-4-7-14(20-2)8-5-13/h3-5,7-9,11H,6,10,18H2,1-2H3. The molecule has 0 heterocycles. The summed E-state index contributed by atoms with van der Waals surface area (Å²) >= 11 is 0. The molecule has 0 aliphatic heterocycles. The second-order valence-electron chi connectivity index (χ2n) is 4.86. The third kappa shape index (κ3) is 3.38. The number of hydrogen-bond acceptors (Lipinski definition) is 3. The number of hydrogen-bond donors (Lipinski definition) is 1. The number of nitrogens with two attached hydrogens (primary N) is 1. The van der Waals surface area contributed by atoms with Crippen LogP contribution >= 0.6 is 0 Å². The van der Waals surface area contributed by atoms with Crippen molar-refractivity contribution in [3.8, 4) is 5.75 Å². The van der Waals surface area contributed by atoms with E-state index in [-0.39, 0.29) is 5.78 Å². The van der Waals surface area contributed by atoms with E-state index in [1.54, 1.807) is 13.2 Å². The molecule has 2 aromatic rings. The number of carbonyl (C=O) groups is 1. The van der Waals surface area contributed by atoms with Gasteiger partial charge in [-0.15, -0.1) is 0 Å². The summed E-state index contributed by atoms with van der Waals surface area (Å²) in [6.07, 6.45) is 1.16. The Labute approximate surface area is 119 Å². The highest BCUT2D eigenvalue weighted by Gasteiger charge is 2.10. The van der Waals surface area contributed by atoms with E-state index in [1.807, 2.05) is 43.3 Å². The molecule has 0 aliphatic carbocycles. The average Bonchev–Trinajstić information content (AvgIpc) is 2.47. The Hall–Kier alpha value is -2.29. The normalized spacial score (nSPS) is 10.3. The maximum absolute atomic E-state index is 12.2. The third-order valence-electron chi connectivity index (χ3n) is 3.31. The highest BCUT2D eigenvalue weighted by atomic mass is 16.5. The van der Waals surface area contributed by atoms with Gasteiger partial charge >= 0.3 is 0 Å². The predicted molar refractivity (Wildman–Crippen MR) is 81.2 cm³/mol. The van der Waals surface area contributed by atoms with Crippen LogP contribution in [-0.2, 0) is 6.42 Å². The Morgan fingerprint density at radius 1 is 1.15 bits per heavy atom. The number of benzene rings is 2. The highest BCUT2D eigenvalue weighted by Crippen LogP contribution is 2.18. The Bertz CT molecular complexity index is 603. The number of ether oxygens (including phenoxy) is 1. The fourth-order valence-corrected chi connectivity index (χ4v) is 2.10. The summed E-state index contributed by atoms with van der Waals surface area (Å²) in [4.78, 5) is 12.2. The van der Waals surface area contributed by atoms with E-state index in [0.29, 0.717) is 24.1 Å². The number of nitrogen functional groups attached to an aromatic ring is 1. The van der Waals surface area contributed by atoms with Crippen molar-refractivity contribution in [1.82, 2.24) is 0 Å². The van der Waals surface area contributed by atoms with Crippen molar-refractivity contribution in [2.24, 2.45) is 0 Å². The molecule has 0 fully saturated rings. The number of ketones is 1. The minimum atomic E-state index is 0.0852. The van der Waals surface area contributed by atoms with E-state index in [4.69, 9.17) is 10.5 Å². The molecule has 2 aromatic carbocycles. The summed E-state index contributed by atoms with van der Waals surface area (Å²) < 4.78 is 5.11. The van der Waals surface area contributed by atoms with Crippen LogP contribution in [0.1, 0.15) is 27.9 Å². The molecule has 2 rings (SSSR count). The Kier molecular flexibility index (Phi) is 4.41. The van der Waals surface area contributed by atoms with Gasteiger partial charge in [0, 0.05) is 17.7 Å². The van der Waals surface area contributed by atoms with Crippen LogP contribution in [0.4, 0.5) is 5.69 Å². The molecule has 0 unspecified atom stereocenters. The van der Waals surface area contributed by atoms with Crippen LogP contribution in [0.25, 0.3) is 0 Å². The minimum Gasteiger partial charge on any atom is -0.497 e. The Morgan fingerprint density at radius 2 is 1.85 bits per heavy atom. The number of Topliss-reactive ketones (excluding diaryl/α,β-unsaturated/α-hetero) is 1. The molecule has 0 bridgehead atoms. The number of carbonyl (C=O) groups excluding carboxylic acids is 1. The first-order valence-electron chi connectivity index (χ1n) is 6.62. The molecule has 0 amide bonds. The quantitative estimate of drug-likeness (QED) is 0.668. The van der Waals surface area contributed by atoms with Crippen LogP contribution in [0.5, 0.6) is 5.75 Å². The van der Waals surface area contributed by atoms with Gasteiger partial charge in [0.2, 0.25) is 0 Å². The highest BCUT2D eigenvalue weighted by molar-refractivity contribution is 6.01. The van der Waals surface area contributed by atoms with Crippen molar-refractivity contribution in [3.05, 3.63) is 59.2 Å². The molecule has 3 heteroatoms. The smallest absolute Gasteiger partial charge is 0.165 e. The molecule has 0 saturated heterocycles. The van der Waals surface area contributed by atoms with E-state index in [9.17, 15) is 4.79 Å². The lowest BCUT2D eigenvalue weighted by molar-refractivity contribution is 0.0983. The molecule has 0 radical (unpaired) electrons. The molecule has 0 spiro atoms. The summed E-state index contributed by atoms with van der Waals surface area (Å²) in [5.74, 6) is 0.907. The van der Waals surface area contributed by atoms with Crippen molar-refractivity contribution >= 4 is 11.5 Å². The largest absolute Gasteiger partial charge is 0.497 e.